The van der Waals surface area contributed by atoms with Crippen LogP contribution in [0.4, 0.5) is 0 Å². The lowest BCUT2D eigenvalue weighted by molar-refractivity contribution is 0.0927. The normalized spacial score (nSPS) is 14.7. The summed E-state index contributed by atoms with van der Waals surface area (Å²) in [6.07, 6.45) is 5.77. The van der Waals surface area contributed by atoms with Crippen molar-refractivity contribution in [1.82, 2.24) is 5.32 Å². The standard InChI is InChI=1S/C21H24ClNO3/c1-25-20-12-7-15(21(24)23-18-5-3-2-4-6-18)13-16(20)14-26-19-10-8-17(22)9-11-19/h7-13,18H,2-6,14H2,1H3,(H,23,24). The number of hydrogen-bond donors (Lipinski definition) is 1. The zero-order valence-electron chi connectivity index (χ0n) is 15.0. The third-order valence-electron chi connectivity index (χ3n) is 4.69. The molecule has 0 radical (unpaired) electrons. The second kappa shape index (κ2) is 8.95. The Hall–Kier alpha value is -2.20. The van der Waals surface area contributed by atoms with Gasteiger partial charge in [0.2, 0.25) is 0 Å². The third kappa shape index (κ3) is 4.92. The molecule has 26 heavy (non-hydrogen) atoms. The number of hydrogen-bond acceptors (Lipinski definition) is 3. The molecule has 0 unspecified atom stereocenters. The predicted molar refractivity (Wildman–Crippen MR) is 103 cm³/mol. The van der Waals surface area contributed by atoms with Gasteiger partial charge >= 0.3 is 0 Å². The number of nitrogens with one attached hydrogen (secondary N) is 1. The van der Waals surface area contributed by atoms with Gasteiger partial charge in [-0.1, -0.05) is 30.9 Å². The molecule has 0 aromatic heterocycles. The van der Waals surface area contributed by atoms with Crippen LogP contribution in [0.5, 0.6) is 11.5 Å². The molecule has 0 bridgehead atoms. The Labute approximate surface area is 159 Å². The Bertz CT molecular complexity index is 739. The van der Waals surface area contributed by atoms with Crippen molar-refractivity contribution >= 4 is 17.5 Å². The number of rotatable bonds is 6. The molecule has 0 aliphatic heterocycles. The number of benzene rings is 2. The van der Waals surface area contributed by atoms with Crippen LogP contribution in [0.2, 0.25) is 5.02 Å². The monoisotopic (exact) mass is 373 g/mol. The van der Waals surface area contributed by atoms with Crippen molar-refractivity contribution in [2.24, 2.45) is 0 Å². The first-order valence-electron chi connectivity index (χ1n) is 9.02. The minimum Gasteiger partial charge on any atom is -0.496 e. The maximum Gasteiger partial charge on any atom is 0.251 e. The number of methoxy groups -OCH3 is 1. The highest BCUT2D eigenvalue weighted by Gasteiger charge is 2.17. The van der Waals surface area contributed by atoms with Gasteiger partial charge in [0.1, 0.15) is 18.1 Å². The van der Waals surface area contributed by atoms with Gasteiger partial charge in [-0.15, -0.1) is 0 Å². The highest BCUT2D eigenvalue weighted by Crippen LogP contribution is 2.24. The highest BCUT2D eigenvalue weighted by molar-refractivity contribution is 6.30. The minimum absolute atomic E-state index is 0.0349. The molecule has 1 amide bonds. The lowest BCUT2D eigenvalue weighted by atomic mass is 9.95. The first kappa shape index (κ1) is 18.6. The van der Waals surface area contributed by atoms with Crippen molar-refractivity contribution in [3.8, 4) is 11.5 Å². The van der Waals surface area contributed by atoms with Gasteiger partial charge in [-0.3, -0.25) is 4.79 Å². The third-order valence-corrected chi connectivity index (χ3v) is 4.94. The summed E-state index contributed by atoms with van der Waals surface area (Å²) in [6.45, 7) is 0.315. The lowest BCUT2D eigenvalue weighted by Crippen LogP contribution is -2.36. The van der Waals surface area contributed by atoms with Crippen LogP contribution in [-0.4, -0.2) is 19.1 Å². The van der Waals surface area contributed by atoms with Crippen LogP contribution >= 0.6 is 11.6 Å². The van der Waals surface area contributed by atoms with Crippen molar-refractivity contribution in [3.63, 3.8) is 0 Å². The molecular formula is C21H24ClNO3. The Morgan fingerprint density at radius 3 is 2.54 bits per heavy atom. The number of halogens is 1. The van der Waals surface area contributed by atoms with Gasteiger partial charge in [0, 0.05) is 22.2 Å². The minimum atomic E-state index is -0.0349. The van der Waals surface area contributed by atoms with E-state index >= 15 is 0 Å². The van der Waals surface area contributed by atoms with E-state index in [0.717, 1.165) is 18.4 Å². The van der Waals surface area contributed by atoms with E-state index in [1.807, 2.05) is 24.3 Å². The van der Waals surface area contributed by atoms with Gasteiger partial charge in [-0.25, -0.2) is 0 Å². The molecule has 1 aliphatic rings. The summed E-state index contributed by atoms with van der Waals surface area (Å²) in [7, 11) is 1.61. The topological polar surface area (TPSA) is 47.6 Å². The van der Waals surface area contributed by atoms with E-state index in [4.69, 9.17) is 21.1 Å². The zero-order valence-corrected chi connectivity index (χ0v) is 15.7. The van der Waals surface area contributed by atoms with E-state index in [-0.39, 0.29) is 11.9 Å². The van der Waals surface area contributed by atoms with E-state index < -0.39 is 0 Å². The van der Waals surface area contributed by atoms with Crippen LogP contribution in [0, 0.1) is 0 Å². The van der Waals surface area contributed by atoms with Gasteiger partial charge < -0.3 is 14.8 Å². The Morgan fingerprint density at radius 2 is 1.85 bits per heavy atom. The van der Waals surface area contributed by atoms with Gasteiger partial charge in [-0.05, 0) is 55.3 Å². The molecule has 3 rings (SSSR count). The summed E-state index contributed by atoms with van der Waals surface area (Å²) in [5.41, 5.74) is 1.46. The van der Waals surface area contributed by atoms with Crippen LogP contribution in [0.25, 0.3) is 0 Å². The summed E-state index contributed by atoms with van der Waals surface area (Å²) in [5, 5.41) is 3.81. The fourth-order valence-corrected chi connectivity index (χ4v) is 3.37. The van der Waals surface area contributed by atoms with E-state index in [1.165, 1.54) is 19.3 Å². The number of carbonyl (C=O) groups excluding carboxylic acids is 1. The summed E-state index contributed by atoms with van der Waals surface area (Å²) in [5.74, 6) is 1.38. The molecule has 1 fully saturated rings. The molecule has 1 aliphatic carbocycles. The van der Waals surface area contributed by atoms with Crippen LogP contribution < -0.4 is 14.8 Å². The number of carbonyl (C=O) groups is 1. The Morgan fingerprint density at radius 1 is 1.12 bits per heavy atom. The molecule has 0 atom stereocenters. The summed E-state index contributed by atoms with van der Waals surface area (Å²) >= 11 is 5.89. The van der Waals surface area contributed by atoms with Crippen molar-refractivity contribution in [2.45, 2.75) is 44.8 Å². The summed E-state index contributed by atoms with van der Waals surface area (Å²) < 4.78 is 11.2. The number of ether oxygens (including phenoxy) is 2. The van der Waals surface area contributed by atoms with Crippen molar-refractivity contribution in [3.05, 3.63) is 58.6 Å². The van der Waals surface area contributed by atoms with E-state index in [0.29, 0.717) is 28.7 Å². The first-order chi connectivity index (χ1) is 12.7. The van der Waals surface area contributed by atoms with E-state index in [9.17, 15) is 4.79 Å². The molecular weight excluding hydrogens is 350 g/mol. The highest BCUT2D eigenvalue weighted by atomic mass is 35.5. The molecule has 2 aromatic rings. The molecule has 5 heteroatoms. The first-order valence-corrected chi connectivity index (χ1v) is 9.39. The average molecular weight is 374 g/mol. The summed E-state index contributed by atoms with van der Waals surface area (Å²) in [4.78, 5) is 12.6. The van der Waals surface area contributed by atoms with Gasteiger partial charge in [0.15, 0.2) is 0 Å². The average Bonchev–Trinajstić information content (AvgIpc) is 2.68. The lowest BCUT2D eigenvalue weighted by Gasteiger charge is -2.23. The van der Waals surface area contributed by atoms with Crippen molar-refractivity contribution in [1.29, 1.82) is 0 Å². The van der Waals surface area contributed by atoms with Gasteiger partial charge in [0.05, 0.1) is 7.11 Å². The van der Waals surface area contributed by atoms with Crippen LogP contribution in [0.15, 0.2) is 42.5 Å². The molecule has 1 N–H and O–H groups in total. The summed E-state index contributed by atoms with van der Waals surface area (Å²) in [6, 6.07) is 12.9. The molecule has 0 heterocycles. The predicted octanol–water partition coefficient (Wildman–Crippen LogP) is 4.99. The van der Waals surface area contributed by atoms with E-state index in [1.54, 1.807) is 25.3 Å². The molecule has 138 valence electrons. The zero-order chi connectivity index (χ0) is 18.4. The van der Waals surface area contributed by atoms with Crippen LogP contribution in [0.1, 0.15) is 48.0 Å². The van der Waals surface area contributed by atoms with Gasteiger partial charge in [-0.2, -0.15) is 0 Å². The Balaban J connectivity index is 1.68. The van der Waals surface area contributed by atoms with Crippen LogP contribution in [-0.2, 0) is 6.61 Å². The SMILES string of the molecule is COc1ccc(C(=O)NC2CCCCC2)cc1COc1ccc(Cl)cc1. The fourth-order valence-electron chi connectivity index (χ4n) is 3.24. The quantitative estimate of drug-likeness (QED) is 0.775. The molecule has 2 aromatic carbocycles. The maximum atomic E-state index is 12.6. The van der Waals surface area contributed by atoms with Gasteiger partial charge in [0.25, 0.3) is 5.91 Å². The largest absolute Gasteiger partial charge is 0.496 e. The second-order valence-electron chi connectivity index (χ2n) is 6.58. The number of amides is 1. The van der Waals surface area contributed by atoms with Crippen molar-refractivity contribution < 1.29 is 14.3 Å². The Kier molecular flexibility index (Phi) is 6.40. The molecule has 0 spiro atoms. The maximum absolute atomic E-state index is 12.6. The fraction of sp³-hybridized carbons (Fsp3) is 0.381. The smallest absolute Gasteiger partial charge is 0.251 e. The van der Waals surface area contributed by atoms with E-state index in [2.05, 4.69) is 5.32 Å². The van der Waals surface area contributed by atoms with Crippen molar-refractivity contribution in [2.75, 3.05) is 7.11 Å². The van der Waals surface area contributed by atoms with Crippen LogP contribution in [0.3, 0.4) is 0 Å². The molecule has 0 saturated heterocycles. The molecule has 1 saturated carbocycles. The second-order valence-corrected chi connectivity index (χ2v) is 7.01. The molecule has 4 nitrogen and oxygen atoms in total.